The average molecular weight is 518 g/mol. The number of amides is 2. The van der Waals surface area contributed by atoms with E-state index in [2.05, 4.69) is 12.2 Å². The Morgan fingerprint density at radius 1 is 1.08 bits per heavy atom. The van der Waals surface area contributed by atoms with Crippen LogP contribution in [-0.2, 0) is 26.2 Å². The van der Waals surface area contributed by atoms with Gasteiger partial charge in [-0.2, -0.15) is 0 Å². The van der Waals surface area contributed by atoms with E-state index in [1.807, 2.05) is 31.2 Å². The van der Waals surface area contributed by atoms with Gasteiger partial charge in [-0.3, -0.25) is 13.9 Å². The first-order valence-electron chi connectivity index (χ1n) is 12.3. The summed E-state index contributed by atoms with van der Waals surface area (Å²) in [6.45, 7) is 6.76. The number of hydrogen-bond donors (Lipinski definition) is 1. The molecular formula is C27H39N3O5S. The standard InChI is InChI=1S/C27H39N3O5S/c1-6-7-17-28-27(32)22(3)29(20-23-13-9-8-12-21(23)2)26(31)16-11-18-30(36(5,33)34)24-14-10-15-25(19-24)35-4/h8-10,12-15,19,22H,6-7,11,16-18,20H2,1-5H3,(H,28,32). The summed E-state index contributed by atoms with van der Waals surface area (Å²) in [5.41, 5.74) is 2.48. The zero-order valence-electron chi connectivity index (χ0n) is 22.0. The lowest BCUT2D eigenvalue weighted by atomic mass is 10.1. The van der Waals surface area contributed by atoms with Gasteiger partial charge in [0.25, 0.3) is 0 Å². The van der Waals surface area contributed by atoms with E-state index in [1.54, 1.807) is 36.1 Å². The largest absolute Gasteiger partial charge is 0.497 e. The molecule has 9 heteroatoms. The highest BCUT2D eigenvalue weighted by atomic mass is 32.2. The first-order valence-corrected chi connectivity index (χ1v) is 14.2. The molecule has 0 bridgehead atoms. The number of nitrogens with one attached hydrogen (secondary N) is 1. The van der Waals surface area contributed by atoms with Crippen molar-refractivity contribution in [2.24, 2.45) is 0 Å². The van der Waals surface area contributed by atoms with Crippen molar-refractivity contribution in [3.8, 4) is 5.75 Å². The molecule has 0 aromatic heterocycles. The molecule has 2 aromatic carbocycles. The Bertz CT molecular complexity index is 1120. The first-order chi connectivity index (χ1) is 17.1. The number of methoxy groups -OCH3 is 1. The number of anilines is 1. The van der Waals surface area contributed by atoms with Crippen LogP contribution in [0.15, 0.2) is 48.5 Å². The van der Waals surface area contributed by atoms with E-state index in [1.165, 1.54) is 11.4 Å². The Morgan fingerprint density at radius 3 is 2.44 bits per heavy atom. The molecule has 2 rings (SSSR count). The highest BCUT2D eigenvalue weighted by Crippen LogP contribution is 2.24. The van der Waals surface area contributed by atoms with Crippen molar-refractivity contribution < 1.29 is 22.7 Å². The first kappa shape index (κ1) is 29.2. The number of unbranched alkanes of at least 4 members (excludes halogenated alkanes) is 1. The Kier molecular flexibility index (Phi) is 11.2. The van der Waals surface area contributed by atoms with Crippen LogP contribution in [0, 0.1) is 6.92 Å². The van der Waals surface area contributed by atoms with Gasteiger partial charge in [-0.1, -0.05) is 43.7 Å². The van der Waals surface area contributed by atoms with Gasteiger partial charge in [0.1, 0.15) is 11.8 Å². The predicted molar refractivity (Wildman–Crippen MR) is 144 cm³/mol. The average Bonchev–Trinajstić information content (AvgIpc) is 2.85. The molecule has 0 aliphatic carbocycles. The molecule has 0 radical (unpaired) electrons. The lowest BCUT2D eigenvalue weighted by Gasteiger charge is -2.30. The second-order valence-electron chi connectivity index (χ2n) is 8.91. The maximum atomic E-state index is 13.4. The molecule has 1 N–H and O–H groups in total. The molecule has 0 heterocycles. The normalized spacial score (nSPS) is 12.0. The maximum Gasteiger partial charge on any atom is 0.242 e. The predicted octanol–water partition coefficient (Wildman–Crippen LogP) is 3.88. The van der Waals surface area contributed by atoms with Gasteiger partial charge in [-0.15, -0.1) is 0 Å². The fourth-order valence-corrected chi connectivity index (χ4v) is 4.82. The molecule has 36 heavy (non-hydrogen) atoms. The quantitative estimate of drug-likeness (QED) is 0.384. The monoisotopic (exact) mass is 517 g/mol. The third kappa shape index (κ3) is 8.55. The number of benzene rings is 2. The van der Waals surface area contributed by atoms with Crippen LogP contribution in [-0.4, -0.2) is 57.6 Å². The highest BCUT2D eigenvalue weighted by molar-refractivity contribution is 7.92. The number of ether oxygens (including phenoxy) is 1. The fourth-order valence-electron chi connectivity index (χ4n) is 3.86. The van der Waals surface area contributed by atoms with Crippen LogP contribution >= 0.6 is 0 Å². The van der Waals surface area contributed by atoms with Gasteiger partial charge < -0.3 is 15.0 Å². The van der Waals surface area contributed by atoms with E-state index in [-0.39, 0.29) is 24.8 Å². The van der Waals surface area contributed by atoms with Crippen molar-refractivity contribution in [2.75, 3.05) is 30.8 Å². The Hall–Kier alpha value is -3.07. The summed E-state index contributed by atoms with van der Waals surface area (Å²) in [5, 5.41) is 2.91. The van der Waals surface area contributed by atoms with Gasteiger partial charge in [0.05, 0.1) is 19.1 Å². The van der Waals surface area contributed by atoms with Gasteiger partial charge in [0, 0.05) is 32.1 Å². The van der Waals surface area contributed by atoms with Crippen molar-refractivity contribution in [3.05, 3.63) is 59.7 Å². The molecule has 2 amide bonds. The summed E-state index contributed by atoms with van der Waals surface area (Å²) in [4.78, 5) is 27.7. The van der Waals surface area contributed by atoms with E-state index in [9.17, 15) is 18.0 Å². The minimum Gasteiger partial charge on any atom is -0.497 e. The van der Waals surface area contributed by atoms with Crippen LogP contribution < -0.4 is 14.4 Å². The van der Waals surface area contributed by atoms with Gasteiger partial charge >= 0.3 is 0 Å². The minimum absolute atomic E-state index is 0.106. The number of carbonyl (C=O) groups excluding carboxylic acids is 2. The third-order valence-electron chi connectivity index (χ3n) is 6.09. The summed E-state index contributed by atoms with van der Waals surface area (Å²) in [6, 6.07) is 13.9. The van der Waals surface area contributed by atoms with E-state index in [0.29, 0.717) is 30.9 Å². The lowest BCUT2D eigenvalue weighted by molar-refractivity contribution is -0.140. The molecule has 0 saturated heterocycles. The number of nitrogens with zero attached hydrogens (tertiary/aromatic N) is 2. The number of hydrogen-bond acceptors (Lipinski definition) is 5. The Labute approximate surface area is 215 Å². The summed E-state index contributed by atoms with van der Waals surface area (Å²) in [7, 11) is -2.05. The Morgan fingerprint density at radius 2 is 1.81 bits per heavy atom. The summed E-state index contributed by atoms with van der Waals surface area (Å²) in [6.07, 6.45) is 3.38. The smallest absolute Gasteiger partial charge is 0.242 e. The van der Waals surface area contributed by atoms with Gasteiger partial charge in [-0.25, -0.2) is 8.42 Å². The number of rotatable bonds is 14. The van der Waals surface area contributed by atoms with Crippen LogP contribution in [0.5, 0.6) is 5.75 Å². The maximum absolute atomic E-state index is 13.4. The zero-order chi connectivity index (χ0) is 26.7. The Balaban J connectivity index is 2.17. The molecule has 1 atom stereocenters. The van der Waals surface area contributed by atoms with Crippen molar-refractivity contribution >= 4 is 27.5 Å². The zero-order valence-corrected chi connectivity index (χ0v) is 22.8. The molecule has 1 unspecified atom stereocenters. The number of carbonyl (C=O) groups is 2. The molecule has 2 aromatic rings. The van der Waals surface area contributed by atoms with Crippen LogP contribution in [0.3, 0.4) is 0 Å². The SMILES string of the molecule is CCCCNC(=O)C(C)N(Cc1ccccc1C)C(=O)CCCN(c1cccc(OC)c1)S(C)(=O)=O. The number of aryl methyl sites for hydroxylation is 1. The van der Waals surface area contributed by atoms with Crippen LogP contribution in [0.25, 0.3) is 0 Å². The molecule has 0 saturated carbocycles. The van der Waals surface area contributed by atoms with E-state index in [4.69, 9.17) is 4.74 Å². The van der Waals surface area contributed by atoms with Crippen LogP contribution in [0.1, 0.15) is 50.7 Å². The van der Waals surface area contributed by atoms with Crippen molar-refractivity contribution in [2.45, 2.75) is 59.0 Å². The topological polar surface area (TPSA) is 96.0 Å². The lowest BCUT2D eigenvalue weighted by Crippen LogP contribution is -2.48. The van der Waals surface area contributed by atoms with Crippen LogP contribution in [0.2, 0.25) is 0 Å². The van der Waals surface area contributed by atoms with Crippen molar-refractivity contribution in [1.29, 1.82) is 0 Å². The van der Waals surface area contributed by atoms with Gasteiger partial charge in [-0.05, 0) is 49.9 Å². The van der Waals surface area contributed by atoms with Crippen molar-refractivity contribution in [1.82, 2.24) is 10.2 Å². The summed E-state index contributed by atoms with van der Waals surface area (Å²) < 4.78 is 31.5. The number of sulfonamides is 1. The molecule has 0 fully saturated rings. The molecule has 198 valence electrons. The third-order valence-corrected chi connectivity index (χ3v) is 7.29. The molecule has 0 spiro atoms. The summed E-state index contributed by atoms with van der Waals surface area (Å²) >= 11 is 0. The van der Waals surface area contributed by atoms with E-state index in [0.717, 1.165) is 30.2 Å². The molecule has 0 aliphatic rings. The van der Waals surface area contributed by atoms with Gasteiger partial charge in [0.2, 0.25) is 21.8 Å². The van der Waals surface area contributed by atoms with Gasteiger partial charge in [0.15, 0.2) is 0 Å². The highest BCUT2D eigenvalue weighted by Gasteiger charge is 2.27. The molecular weight excluding hydrogens is 478 g/mol. The van der Waals surface area contributed by atoms with Crippen LogP contribution in [0.4, 0.5) is 5.69 Å². The molecule has 0 aliphatic heterocycles. The summed E-state index contributed by atoms with van der Waals surface area (Å²) in [5.74, 6) is 0.152. The second-order valence-corrected chi connectivity index (χ2v) is 10.8. The minimum atomic E-state index is -3.57. The second kappa shape index (κ2) is 13.9. The van der Waals surface area contributed by atoms with E-state index >= 15 is 0 Å². The van der Waals surface area contributed by atoms with E-state index < -0.39 is 16.1 Å². The fraction of sp³-hybridized carbons (Fsp3) is 0.481. The van der Waals surface area contributed by atoms with Crippen molar-refractivity contribution in [3.63, 3.8) is 0 Å². The molecule has 8 nitrogen and oxygen atoms in total.